The smallest absolute Gasteiger partial charge is 0.330 e. The average molecular weight is 290 g/mol. The summed E-state index contributed by atoms with van der Waals surface area (Å²) in [4.78, 5) is 23.2. The van der Waals surface area contributed by atoms with Crippen LogP contribution in [0, 0.1) is 5.41 Å². The van der Waals surface area contributed by atoms with E-state index >= 15 is 0 Å². The molecule has 1 rings (SSSR count). The molecule has 0 atom stereocenters. The molecule has 0 unspecified atom stereocenters. The molecule has 0 saturated carbocycles. The lowest BCUT2D eigenvalue weighted by atomic mass is 9.92. The summed E-state index contributed by atoms with van der Waals surface area (Å²) >= 11 is 0. The van der Waals surface area contributed by atoms with Gasteiger partial charge in [0.05, 0.1) is 12.0 Å². The predicted octanol–water partition coefficient (Wildman–Crippen LogP) is 2.19. The van der Waals surface area contributed by atoms with E-state index in [1.54, 1.807) is 51.1 Å². The van der Waals surface area contributed by atoms with Crippen molar-refractivity contribution in [2.45, 2.75) is 20.8 Å². The van der Waals surface area contributed by atoms with E-state index in [-0.39, 0.29) is 18.4 Å². The van der Waals surface area contributed by atoms with Crippen molar-refractivity contribution in [2.24, 2.45) is 11.1 Å². The molecule has 1 amide bonds. The summed E-state index contributed by atoms with van der Waals surface area (Å²) < 4.78 is 4.80. The Morgan fingerprint density at radius 1 is 1.29 bits per heavy atom. The van der Waals surface area contributed by atoms with Crippen LogP contribution in [-0.4, -0.2) is 25.0 Å². The zero-order valence-electron chi connectivity index (χ0n) is 12.7. The number of nitrogens with one attached hydrogen (secondary N) is 1. The number of anilines is 1. The van der Waals surface area contributed by atoms with E-state index < -0.39 is 5.41 Å². The molecule has 0 fully saturated rings. The normalized spacial score (nSPS) is 11.4. The van der Waals surface area contributed by atoms with Gasteiger partial charge in [0.2, 0.25) is 5.91 Å². The molecule has 1 aromatic rings. The van der Waals surface area contributed by atoms with Crippen molar-refractivity contribution in [2.75, 3.05) is 18.5 Å². The molecule has 0 radical (unpaired) electrons. The highest BCUT2D eigenvalue weighted by Crippen LogP contribution is 2.17. The van der Waals surface area contributed by atoms with Gasteiger partial charge >= 0.3 is 5.97 Å². The molecule has 0 aliphatic carbocycles. The number of rotatable bonds is 6. The van der Waals surface area contributed by atoms with Crippen molar-refractivity contribution < 1.29 is 14.3 Å². The second-order valence-corrected chi connectivity index (χ2v) is 5.25. The summed E-state index contributed by atoms with van der Waals surface area (Å²) in [5.74, 6) is -0.501. The maximum Gasteiger partial charge on any atom is 0.330 e. The van der Waals surface area contributed by atoms with Crippen LogP contribution in [0.1, 0.15) is 26.3 Å². The summed E-state index contributed by atoms with van der Waals surface area (Å²) in [6, 6.07) is 7.16. The second kappa shape index (κ2) is 7.59. The lowest BCUT2D eigenvalue weighted by Crippen LogP contribution is -2.37. The summed E-state index contributed by atoms with van der Waals surface area (Å²) in [5, 5.41) is 2.81. The molecule has 5 nitrogen and oxygen atoms in total. The fraction of sp³-hybridized carbons (Fsp3) is 0.375. The van der Waals surface area contributed by atoms with Crippen molar-refractivity contribution in [3.05, 3.63) is 35.9 Å². The van der Waals surface area contributed by atoms with Gasteiger partial charge in [0.15, 0.2) is 0 Å². The first-order valence-corrected chi connectivity index (χ1v) is 6.85. The van der Waals surface area contributed by atoms with E-state index in [1.807, 2.05) is 0 Å². The number of hydrogen-bond donors (Lipinski definition) is 2. The third kappa shape index (κ3) is 5.39. The molecule has 5 heteroatoms. The van der Waals surface area contributed by atoms with Crippen LogP contribution < -0.4 is 11.1 Å². The molecule has 0 aliphatic rings. The molecule has 0 heterocycles. The SMILES string of the molecule is CCOC(=O)/C=C/c1ccc(NC(=O)C(C)(C)CN)cc1. The fourth-order valence-corrected chi connectivity index (χ4v) is 1.43. The van der Waals surface area contributed by atoms with Gasteiger partial charge in [0.1, 0.15) is 0 Å². The van der Waals surface area contributed by atoms with Gasteiger partial charge in [-0.3, -0.25) is 4.79 Å². The molecule has 3 N–H and O–H groups in total. The van der Waals surface area contributed by atoms with Crippen LogP contribution in [-0.2, 0) is 14.3 Å². The Kier molecular flexibility index (Phi) is 6.11. The van der Waals surface area contributed by atoms with Crippen LogP contribution in [0.5, 0.6) is 0 Å². The largest absolute Gasteiger partial charge is 0.463 e. The standard InChI is InChI=1S/C16H22N2O3/c1-4-21-14(19)10-7-12-5-8-13(9-6-12)18-15(20)16(2,3)11-17/h5-10H,4,11,17H2,1-3H3,(H,18,20)/b10-7+. The first-order valence-electron chi connectivity index (χ1n) is 6.85. The van der Waals surface area contributed by atoms with Gasteiger partial charge in [0.25, 0.3) is 0 Å². The predicted molar refractivity (Wildman–Crippen MR) is 83.6 cm³/mol. The van der Waals surface area contributed by atoms with E-state index in [0.29, 0.717) is 12.3 Å². The molecule has 0 aromatic heterocycles. The molecule has 1 aromatic carbocycles. The van der Waals surface area contributed by atoms with Gasteiger partial charge in [0, 0.05) is 18.3 Å². The fourth-order valence-electron chi connectivity index (χ4n) is 1.43. The maximum absolute atomic E-state index is 12.0. The summed E-state index contributed by atoms with van der Waals surface area (Å²) in [5.41, 5.74) is 6.49. The Hall–Kier alpha value is -2.14. The average Bonchev–Trinajstić information content (AvgIpc) is 2.46. The topological polar surface area (TPSA) is 81.4 Å². The van der Waals surface area contributed by atoms with Crippen molar-refractivity contribution >= 4 is 23.6 Å². The molecule has 0 spiro atoms. The van der Waals surface area contributed by atoms with Gasteiger partial charge in [-0.1, -0.05) is 12.1 Å². The Labute approximate surface area is 125 Å². The number of carbonyl (C=O) groups is 2. The summed E-state index contributed by atoms with van der Waals surface area (Å²) in [7, 11) is 0. The van der Waals surface area contributed by atoms with E-state index in [1.165, 1.54) is 6.08 Å². The van der Waals surface area contributed by atoms with E-state index in [0.717, 1.165) is 5.56 Å². The maximum atomic E-state index is 12.0. The van der Waals surface area contributed by atoms with Crippen LogP contribution in [0.4, 0.5) is 5.69 Å². The molecule has 0 saturated heterocycles. The van der Waals surface area contributed by atoms with Crippen molar-refractivity contribution in [1.29, 1.82) is 0 Å². The third-order valence-corrected chi connectivity index (χ3v) is 2.99. The molecular formula is C16H22N2O3. The number of carbonyl (C=O) groups excluding carboxylic acids is 2. The number of esters is 1. The molecule has 114 valence electrons. The molecule has 0 bridgehead atoms. The summed E-state index contributed by atoms with van der Waals surface area (Å²) in [6.45, 7) is 5.97. The highest BCUT2D eigenvalue weighted by atomic mass is 16.5. The minimum absolute atomic E-state index is 0.125. The Morgan fingerprint density at radius 3 is 2.43 bits per heavy atom. The molecule has 0 aliphatic heterocycles. The molecule has 21 heavy (non-hydrogen) atoms. The number of amides is 1. The zero-order chi connectivity index (χ0) is 15.9. The van der Waals surface area contributed by atoms with E-state index in [4.69, 9.17) is 10.5 Å². The Balaban J connectivity index is 2.66. The van der Waals surface area contributed by atoms with E-state index in [9.17, 15) is 9.59 Å². The minimum Gasteiger partial charge on any atom is -0.463 e. The van der Waals surface area contributed by atoms with Gasteiger partial charge in [-0.2, -0.15) is 0 Å². The first-order chi connectivity index (χ1) is 9.89. The zero-order valence-corrected chi connectivity index (χ0v) is 12.7. The quantitative estimate of drug-likeness (QED) is 0.621. The number of hydrogen-bond acceptors (Lipinski definition) is 4. The number of ether oxygens (including phenoxy) is 1. The van der Waals surface area contributed by atoms with Crippen LogP contribution in [0.2, 0.25) is 0 Å². The van der Waals surface area contributed by atoms with Gasteiger partial charge in [-0.15, -0.1) is 0 Å². The Morgan fingerprint density at radius 2 is 1.90 bits per heavy atom. The first kappa shape index (κ1) is 16.9. The van der Waals surface area contributed by atoms with Crippen molar-refractivity contribution in [3.8, 4) is 0 Å². The number of benzene rings is 1. The second-order valence-electron chi connectivity index (χ2n) is 5.25. The van der Waals surface area contributed by atoms with Crippen molar-refractivity contribution in [3.63, 3.8) is 0 Å². The number of nitrogens with two attached hydrogens (primary N) is 1. The lowest BCUT2D eigenvalue weighted by molar-refractivity contribution is -0.137. The van der Waals surface area contributed by atoms with Crippen LogP contribution in [0.3, 0.4) is 0 Å². The van der Waals surface area contributed by atoms with Gasteiger partial charge in [-0.05, 0) is 44.5 Å². The highest BCUT2D eigenvalue weighted by molar-refractivity contribution is 5.95. The van der Waals surface area contributed by atoms with Gasteiger partial charge < -0.3 is 15.8 Å². The third-order valence-electron chi connectivity index (χ3n) is 2.99. The van der Waals surface area contributed by atoms with Crippen molar-refractivity contribution in [1.82, 2.24) is 0 Å². The minimum atomic E-state index is -0.609. The Bertz CT molecular complexity index is 519. The molecular weight excluding hydrogens is 268 g/mol. The lowest BCUT2D eigenvalue weighted by Gasteiger charge is -2.21. The van der Waals surface area contributed by atoms with Gasteiger partial charge in [-0.25, -0.2) is 4.79 Å². The van der Waals surface area contributed by atoms with E-state index in [2.05, 4.69) is 5.32 Å². The highest BCUT2D eigenvalue weighted by Gasteiger charge is 2.25. The summed E-state index contributed by atoms with van der Waals surface area (Å²) in [6.07, 6.45) is 3.03. The van der Waals surface area contributed by atoms with Crippen LogP contribution in [0.15, 0.2) is 30.3 Å². The van der Waals surface area contributed by atoms with Crippen LogP contribution >= 0.6 is 0 Å². The van der Waals surface area contributed by atoms with Crippen LogP contribution in [0.25, 0.3) is 6.08 Å². The monoisotopic (exact) mass is 290 g/mol.